The molecule has 0 radical (unpaired) electrons. The van der Waals surface area contributed by atoms with Gasteiger partial charge in [0.05, 0.1) is 18.7 Å². The van der Waals surface area contributed by atoms with E-state index in [2.05, 4.69) is 5.32 Å². The number of para-hydroxylation sites is 1. The maximum absolute atomic E-state index is 14.2. The van der Waals surface area contributed by atoms with Gasteiger partial charge in [-0.1, -0.05) is 25.1 Å². The summed E-state index contributed by atoms with van der Waals surface area (Å²) in [6.07, 6.45) is 0.561. The molecular formula is C21H25FN2O4. The van der Waals surface area contributed by atoms with Crippen LogP contribution in [0.4, 0.5) is 4.39 Å². The van der Waals surface area contributed by atoms with Crippen LogP contribution in [0.2, 0.25) is 0 Å². The Morgan fingerprint density at radius 1 is 1.18 bits per heavy atom. The molecule has 7 heteroatoms. The standard InChI is InChI=1S/C21H25FN2O4/c1-5-18(23-21(26)15-11-10-14(27-4)12-17(15)22)16-8-6-7-9-19(16)28-13-20(25)24(2)3/h6-12,18H,5,13H2,1-4H3,(H,23,26). The van der Waals surface area contributed by atoms with Crippen molar-refractivity contribution in [1.29, 1.82) is 0 Å². The fourth-order valence-electron chi connectivity index (χ4n) is 2.61. The number of benzene rings is 2. The Hall–Kier alpha value is -3.09. The molecule has 2 rings (SSSR count). The molecule has 2 aromatic rings. The maximum Gasteiger partial charge on any atom is 0.259 e. The van der Waals surface area contributed by atoms with Crippen LogP contribution in [0.3, 0.4) is 0 Å². The summed E-state index contributed by atoms with van der Waals surface area (Å²) in [7, 11) is 4.73. The molecule has 1 atom stereocenters. The van der Waals surface area contributed by atoms with E-state index in [1.165, 1.54) is 30.2 Å². The van der Waals surface area contributed by atoms with Gasteiger partial charge in [-0.2, -0.15) is 0 Å². The predicted molar refractivity (Wildman–Crippen MR) is 104 cm³/mol. The Morgan fingerprint density at radius 3 is 2.50 bits per heavy atom. The van der Waals surface area contributed by atoms with E-state index in [0.717, 1.165) is 5.56 Å². The molecule has 2 aromatic carbocycles. The van der Waals surface area contributed by atoms with Gasteiger partial charge in [-0.15, -0.1) is 0 Å². The van der Waals surface area contributed by atoms with Crippen LogP contribution in [0.5, 0.6) is 11.5 Å². The molecule has 0 aromatic heterocycles. The number of hydrogen-bond acceptors (Lipinski definition) is 4. The van der Waals surface area contributed by atoms with Crippen LogP contribution >= 0.6 is 0 Å². The molecule has 0 saturated carbocycles. The zero-order valence-electron chi connectivity index (χ0n) is 16.5. The lowest BCUT2D eigenvalue weighted by Crippen LogP contribution is -2.30. The molecule has 0 spiro atoms. The van der Waals surface area contributed by atoms with Gasteiger partial charge in [-0.05, 0) is 24.6 Å². The maximum atomic E-state index is 14.2. The molecular weight excluding hydrogens is 363 g/mol. The van der Waals surface area contributed by atoms with E-state index in [4.69, 9.17) is 9.47 Å². The lowest BCUT2D eigenvalue weighted by Gasteiger charge is -2.21. The summed E-state index contributed by atoms with van der Waals surface area (Å²) in [4.78, 5) is 25.8. The molecule has 28 heavy (non-hydrogen) atoms. The number of methoxy groups -OCH3 is 1. The quantitative estimate of drug-likeness (QED) is 0.754. The van der Waals surface area contributed by atoms with Crippen molar-refractivity contribution in [3.8, 4) is 11.5 Å². The minimum atomic E-state index is -0.659. The van der Waals surface area contributed by atoms with E-state index in [-0.39, 0.29) is 18.1 Å². The molecule has 0 saturated heterocycles. The van der Waals surface area contributed by atoms with Crippen LogP contribution in [0.25, 0.3) is 0 Å². The van der Waals surface area contributed by atoms with Crippen molar-refractivity contribution in [2.75, 3.05) is 27.8 Å². The zero-order chi connectivity index (χ0) is 20.7. The second kappa shape index (κ2) is 9.73. The topological polar surface area (TPSA) is 67.9 Å². The highest BCUT2D eigenvalue weighted by Crippen LogP contribution is 2.28. The highest BCUT2D eigenvalue weighted by Gasteiger charge is 2.20. The molecule has 0 fully saturated rings. The minimum absolute atomic E-state index is 0.0690. The van der Waals surface area contributed by atoms with Gasteiger partial charge in [0.15, 0.2) is 6.61 Å². The third kappa shape index (κ3) is 5.22. The second-order valence-electron chi connectivity index (χ2n) is 6.39. The number of carbonyl (C=O) groups excluding carboxylic acids is 2. The van der Waals surface area contributed by atoms with E-state index >= 15 is 0 Å². The van der Waals surface area contributed by atoms with Gasteiger partial charge < -0.3 is 19.7 Å². The van der Waals surface area contributed by atoms with Crippen molar-refractivity contribution in [3.05, 3.63) is 59.4 Å². The molecule has 6 nitrogen and oxygen atoms in total. The first kappa shape index (κ1) is 21.2. The molecule has 1 unspecified atom stereocenters. The Morgan fingerprint density at radius 2 is 1.89 bits per heavy atom. The van der Waals surface area contributed by atoms with Gasteiger partial charge in [0.1, 0.15) is 17.3 Å². The average Bonchev–Trinajstić information content (AvgIpc) is 2.70. The number of amides is 2. The van der Waals surface area contributed by atoms with Crippen molar-refractivity contribution < 1.29 is 23.5 Å². The van der Waals surface area contributed by atoms with Crippen LogP contribution in [0.1, 0.15) is 35.3 Å². The highest BCUT2D eigenvalue weighted by molar-refractivity contribution is 5.95. The van der Waals surface area contributed by atoms with Crippen LogP contribution in [0.15, 0.2) is 42.5 Å². The van der Waals surface area contributed by atoms with E-state index in [1.807, 2.05) is 19.1 Å². The number of nitrogens with one attached hydrogen (secondary N) is 1. The molecule has 0 bridgehead atoms. The van der Waals surface area contributed by atoms with Gasteiger partial charge >= 0.3 is 0 Å². The summed E-state index contributed by atoms with van der Waals surface area (Å²) < 4.78 is 24.8. The molecule has 0 heterocycles. The van der Waals surface area contributed by atoms with E-state index in [1.54, 1.807) is 26.2 Å². The number of carbonyl (C=O) groups is 2. The van der Waals surface area contributed by atoms with Gasteiger partial charge in [-0.25, -0.2) is 4.39 Å². The average molecular weight is 388 g/mol. The molecule has 2 amide bonds. The summed E-state index contributed by atoms with van der Waals surface area (Å²) >= 11 is 0. The second-order valence-corrected chi connectivity index (χ2v) is 6.39. The minimum Gasteiger partial charge on any atom is -0.497 e. The Kier molecular flexibility index (Phi) is 7.37. The summed E-state index contributed by atoms with van der Waals surface area (Å²) in [5.74, 6) is -0.531. The lowest BCUT2D eigenvalue weighted by atomic mass is 10.0. The van der Waals surface area contributed by atoms with Crippen molar-refractivity contribution in [2.45, 2.75) is 19.4 Å². The number of halogens is 1. The summed E-state index contributed by atoms with van der Waals surface area (Å²) in [6.45, 7) is 1.79. The monoisotopic (exact) mass is 388 g/mol. The lowest BCUT2D eigenvalue weighted by molar-refractivity contribution is -0.130. The fraction of sp³-hybridized carbons (Fsp3) is 0.333. The highest BCUT2D eigenvalue weighted by atomic mass is 19.1. The number of hydrogen-bond donors (Lipinski definition) is 1. The smallest absolute Gasteiger partial charge is 0.259 e. The molecule has 1 N–H and O–H groups in total. The van der Waals surface area contributed by atoms with Gasteiger partial charge in [0.2, 0.25) is 0 Å². The van der Waals surface area contributed by atoms with Crippen LogP contribution in [-0.2, 0) is 4.79 Å². The molecule has 0 aliphatic carbocycles. The molecule has 150 valence electrons. The molecule has 0 aliphatic heterocycles. The Labute approximate surface area is 164 Å². The van der Waals surface area contributed by atoms with Crippen LogP contribution in [0, 0.1) is 5.82 Å². The van der Waals surface area contributed by atoms with E-state index < -0.39 is 17.8 Å². The number of ether oxygens (including phenoxy) is 2. The van der Waals surface area contributed by atoms with Crippen LogP contribution in [-0.4, -0.2) is 44.5 Å². The summed E-state index contributed by atoms with van der Waals surface area (Å²) in [6, 6.07) is 10.8. The zero-order valence-corrected chi connectivity index (χ0v) is 16.5. The Bertz CT molecular complexity index is 839. The first-order chi connectivity index (χ1) is 13.4. The normalized spacial score (nSPS) is 11.5. The summed E-state index contributed by atoms with van der Waals surface area (Å²) in [5, 5.41) is 2.83. The van der Waals surface area contributed by atoms with Crippen molar-refractivity contribution in [1.82, 2.24) is 10.2 Å². The third-order valence-electron chi connectivity index (χ3n) is 4.28. The number of likely N-dealkylation sites (N-methyl/N-ethyl adjacent to an activating group) is 1. The summed E-state index contributed by atoms with van der Waals surface area (Å²) in [5.41, 5.74) is 0.652. The van der Waals surface area contributed by atoms with E-state index in [0.29, 0.717) is 17.9 Å². The van der Waals surface area contributed by atoms with Gasteiger partial charge in [0.25, 0.3) is 11.8 Å². The van der Waals surface area contributed by atoms with Crippen LogP contribution < -0.4 is 14.8 Å². The van der Waals surface area contributed by atoms with E-state index in [9.17, 15) is 14.0 Å². The van der Waals surface area contributed by atoms with Crippen molar-refractivity contribution in [3.63, 3.8) is 0 Å². The van der Waals surface area contributed by atoms with Crippen molar-refractivity contribution in [2.24, 2.45) is 0 Å². The SMILES string of the molecule is CCC(NC(=O)c1ccc(OC)cc1F)c1ccccc1OCC(=O)N(C)C. The van der Waals surface area contributed by atoms with Gasteiger partial charge in [-0.3, -0.25) is 9.59 Å². The molecule has 0 aliphatic rings. The first-order valence-electron chi connectivity index (χ1n) is 8.93. The number of rotatable bonds is 8. The first-order valence-corrected chi connectivity index (χ1v) is 8.93. The largest absolute Gasteiger partial charge is 0.497 e. The number of nitrogens with zero attached hydrogens (tertiary/aromatic N) is 1. The van der Waals surface area contributed by atoms with Gasteiger partial charge in [0, 0.05) is 25.7 Å². The fourth-order valence-corrected chi connectivity index (χ4v) is 2.61. The third-order valence-corrected chi connectivity index (χ3v) is 4.28. The predicted octanol–water partition coefficient (Wildman–Crippen LogP) is 3.18. The Balaban J connectivity index is 2.19. The van der Waals surface area contributed by atoms with Crippen molar-refractivity contribution >= 4 is 11.8 Å².